The van der Waals surface area contributed by atoms with E-state index in [2.05, 4.69) is 0 Å². The lowest BCUT2D eigenvalue weighted by atomic mass is 10.0. The zero-order valence-corrected chi connectivity index (χ0v) is 8.84. The number of methoxy groups -OCH3 is 1. The van der Waals surface area contributed by atoms with Crippen LogP contribution in [0.5, 0.6) is 0 Å². The molecule has 0 atom stereocenters. The molecule has 1 aliphatic rings. The zero-order valence-electron chi connectivity index (χ0n) is 8.09. The summed E-state index contributed by atoms with van der Waals surface area (Å²) in [7, 11) is 1.64. The van der Waals surface area contributed by atoms with Gasteiger partial charge in [-0.25, -0.2) is 0 Å². The molecule has 76 valence electrons. The molecule has 0 bridgehead atoms. The van der Waals surface area contributed by atoms with Gasteiger partial charge in [-0.15, -0.1) is 0 Å². The lowest BCUT2D eigenvalue weighted by Crippen LogP contribution is -2.08. The van der Waals surface area contributed by atoms with Crippen molar-refractivity contribution >= 4 is 11.6 Å². The molecule has 0 heterocycles. The van der Waals surface area contributed by atoms with Crippen LogP contribution in [0.1, 0.15) is 24.0 Å². The van der Waals surface area contributed by atoms with Crippen LogP contribution in [0.2, 0.25) is 5.02 Å². The maximum atomic E-state index is 10.00. The summed E-state index contributed by atoms with van der Waals surface area (Å²) in [5.74, 6) is 0. The number of halogens is 1. The van der Waals surface area contributed by atoms with Gasteiger partial charge in [0, 0.05) is 12.1 Å². The standard InChI is InChI=1S/C11H13ClO2/c1-14-7-8-6-9(12)2-3-10(8)11(13)4-5-11/h2-3,6,13H,4-5,7H2,1H3. The van der Waals surface area contributed by atoms with Gasteiger partial charge < -0.3 is 9.84 Å². The second-order valence-corrected chi connectivity index (χ2v) is 4.20. The van der Waals surface area contributed by atoms with Crippen LogP contribution in [0.25, 0.3) is 0 Å². The highest BCUT2D eigenvalue weighted by molar-refractivity contribution is 6.30. The van der Waals surface area contributed by atoms with Crippen LogP contribution in [0.4, 0.5) is 0 Å². The molecule has 1 saturated carbocycles. The maximum absolute atomic E-state index is 10.00. The van der Waals surface area contributed by atoms with E-state index in [-0.39, 0.29) is 0 Å². The minimum absolute atomic E-state index is 0.498. The third kappa shape index (κ3) is 1.78. The summed E-state index contributed by atoms with van der Waals surface area (Å²) >= 11 is 5.89. The Morgan fingerprint density at radius 2 is 2.21 bits per heavy atom. The predicted molar refractivity (Wildman–Crippen MR) is 55.3 cm³/mol. The van der Waals surface area contributed by atoms with E-state index in [1.165, 1.54) is 0 Å². The van der Waals surface area contributed by atoms with E-state index in [9.17, 15) is 5.11 Å². The van der Waals surface area contributed by atoms with Crippen molar-refractivity contribution in [3.05, 3.63) is 34.3 Å². The van der Waals surface area contributed by atoms with Gasteiger partial charge in [-0.2, -0.15) is 0 Å². The highest BCUT2D eigenvalue weighted by atomic mass is 35.5. The van der Waals surface area contributed by atoms with E-state index in [1.54, 1.807) is 7.11 Å². The molecule has 1 aliphatic carbocycles. The smallest absolute Gasteiger partial charge is 0.0902 e. The van der Waals surface area contributed by atoms with Gasteiger partial charge in [0.05, 0.1) is 12.2 Å². The maximum Gasteiger partial charge on any atom is 0.0902 e. The molecule has 14 heavy (non-hydrogen) atoms. The lowest BCUT2D eigenvalue weighted by Gasteiger charge is -2.14. The fraction of sp³-hybridized carbons (Fsp3) is 0.455. The van der Waals surface area contributed by atoms with Gasteiger partial charge in [0.25, 0.3) is 0 Å². The molecule has 0 radical (unpaired) electrons. The van der Waals surface area contributed by atoms with Gasteiger partial charge in [-0.1, -0.05) is 17.7 Å². The Kier molecular flexibility index (Phi) is 2.52. The van der Waals surface area contributed by atoms with Crippen LogP contribution in [0, 0.1) is 0 Å². The van der Waals surface area contributed by atoms with Crippen molar-refractivity contribution in [3.8, 4) is 0 Å². The van der Waals surface area contributed by atoms with E-state index in [0.717, 1.165) is 24.0 Å². The summed E-state index contributed by atoms with van der Waals surface area (Å²) in [6, 6.07) is 5.56. The monoisotopic (exact) mass is 212 g/mol. The molecular formula is C11H13ClO2. The first kappa shape index (κ1) is 9.97. The Morgan fingerprint density at radius 1 is 1.50 bits per heavy atom. The minimum atomic E-state index is -0.613. The van der Waals surface area contributed by atoms with Crippen molar-refractivity contribution in [3.63, 3.8) is 0 Å². The van der Waals surface area contributed by atoms with Crippen LogP contribution in [0.3, 0.4) is 0 Å². The van der Waals surface area contributed by atoms with Crippen LogP contribution in [0.15, 0.2) is 18.2 Å². The van der Waals surface area contributed by atoms with E-state index in [4.69, 9.17) is 16.3 Å². The second-order valence-electron chi connectivity index (χ2n) is 3.77. The highest BCUT2D eigenvalue weighted by Crippen LogP contribution is 2.47. The van der Waals surface area contributed by atoms with Gasteiger partial charge in [0.15, 0.2) is 0 Å². The first-order valence-electron chi connectivity index (χ1n) is 4.66. The van der Waals surface area contributed by atoms with Crippen molar-refractivity contribution in [2.75, 3.05) is 7.11 Å². The quantitative estimate of drug-likeness (QED) is 0.834. The van der Waals surface area contributed by atoms with Crippen molar-refractivity contribution in [2.24, 2.45) is 0 Å². The van der Waals surface area contributed by atoms with Crippen LogP contribution in [-0.4, -0.2) is 12.2 Å². The fourth-order valence-electron chi connectivity index (χ4n) is 1.68. The van der Waals surface area contributed by atoms with Crippen molar-refractivity contribution in [2.45, 2.75) is 25.0 Å². The Bertz CT molecular complexity index is 345. The van der Waals surface area contributed by atoms with Crippen LogP contribution >= 0.6 is 11.6 Å². The summed E-state index contributed by atoms with van der Waals surface area (Å²) in [6.07, 6.45) is 1.68. The van der Waals surface area contributed by atoms with E-state index in [0.29, 0.717) is 11.6 Å². The van der Waals surface area contributed by atoms with E-state index in [1.807, 2.05) is 18.2 Å². The third-order valence-corrected chi connectivity index (χ3v) is 2.83. The van der Waals surface area contributed by atoms with Crippen LogP contribution < -0.4 is 0 Å². The molecule has 1 N–H and O–H groups in total. The van der Waals surface area contributed by atoms with Crippen molar-refractivity contribution in [1.82, 2.24) is 0 Å². The molecule has 0 aliphatic heterocycles. The topological polar surface area (TPSA) is 29.5 Å². The predicted octanol–water partition coefficient (Wildman–Crippen LogP) is 2.47. The van der Waals surface area contributed by atoms with Gasteiger partial charge >= 0.3 is 0 Å². The fourth-order valence-corrected chi connectivity index (χ4v) is 1.87. The number of aliphatic hydroxyl groups is 1. The largest absolute Gasteiger partial charge is 0.385 e. The van der Waals surface area contributed by atoms with Crippen LogP contribution in [-0.2, 0) is 16.9 Å². The van der Waals surface area contributed by atoms with E-state index < -0.39 is 5.60 Å². The average molecular weight is 213 g/mol. The molecule has 3 heteroatoms. The molecule has 0 spiro atoms. The van der Waals surface area contributed by atoms with Gasteiger partial charge in [0.2, 0.25) is 0 Å². The van der Waals surface area contributed by atoms with Crippen molar-refractivity contribution in [1.29, 1.82) is 0 Å². The third-order valence-electron chi connectivity index (χ3n) is 2.59. The molecule has 0 aromatic heterocycles. The molecule has 0 amide bonds. The highest BCUT2D eigenvalue weighted by Gasteiger charge is 2.43. The summed E-state index contributed by atoms with van der Waals surface area (Å²) in [5.41, 5.74) is 1.34. The average Bonchev–Trinajstić information content (AvgIpc) is 2.85. The lowest BCUT2D eigenvalue weighted by molar-refractivity contribution is 0.141. The number of hydrogen-bond acceptors (Lipinski definition) is 2. The van der Waals surface area contributed by atoms with Crippen molar-refractivity contribution < 1.29 is 9.84 Å². The normalized spacial score (nSPS) is 18.2. The summed E-state index contributed by atoms with van der Waals surface area (Å²) < 4.78 is 5.08. The minimum Gasteiger partial charge on any atom is -0.385 e. The van der Waals surface area contributed by atoms with Gasteiger partial charge in [-0.05, 0) is 36.1 Å². The molecule has 1 aromatic carbocycles. The Balaban J connectivity index is 2.37. The summed E-state index contributed by atoms with van der Waals surface area (Å²) in [5, 5.41) is 10.7. The first-order chi connectivity index (χ1) is 6.65. The number of hydrogen-bond donors (Lipinski definition) is 1. The Morgan fingerprint density at radius 3 is 2.79 bits per heavy atom. The Hall–Kier alpha value is -0.570. The molecule has 1 aromatic rings. The number of ether oxygens (including phenoxy) is 1. The molecular weight excluding hydrogens is 200 g/mol. The number of rotatable bonds is 3. The SMILES string of the molecule is COCc1cc(Cl)ccc1C1(O)CC1. The number of benzene rings is 1. The van der Waals surface area contributed by atoms with Gasteiger partial charge in [0.1, 0.15) is 0 Å². The Labute approximate surface area is 88.5 Å². The van der Waals surface area contributed by atoms with Gasteiger partial charge in [-0.3, -0.25) is 0 Å². The summed E-state index contributed by atoms with van der Waals surface area (Å²) in [6.45, 7) is 0.498. The molecule has 0 unspecified atom stereocenters. The van der Waals surface area contributed by atoms with E-state index >= 15 is 0 Å². The summed E-state index contributed by atoms with van der Waals surface area (Å²) in [4.78, 5) is 0. The first-order valence-corrected chi connectivity index (χ1v) is 5.04. The molecule has 2 rings (SSSR count). The molecule has 0 saturated heterocycles. The molecule has 2 nitrogen and oxygen atoms in total. The second kappa shape index (κ2) is 3.54. The molecule has 1 fully saturated rings. The zero-order chi connectivity index (χ0) is 10.2.